The van der Waals surface area contributed by atoms with Crippen LogP contribution in [0.2, 0.25) is 0 Å². The highest BCUT2D eigenvalue weighted by atomic mass is 32.2. The minimum Gasteiger partial charge on any atom is -0.493 e. The minimum atomic E-state index is -3.32. The van der Waals surface area contributed by atoms with E-state index < -0.39 is 9.84 Å². The Morgan fingerprint density at radius 2 is 1.83 bits per heavy atom. The molecule has 0 saturated carbocycles. The molecule has 0 aliphatic heterocycles. The van der Waals surface area contributed by atoms with Crippen LogP contribution < -0.4 is 9.47 Å². The van der Waals surface area contributed by atoms with Crippen LogP contribution in [0, 0.1) is 13.8 Å². The fraction of sp³-hybridized carbons (Fsp3) is 0.318. The molecule has 3 aromatic rings. The molecular formula is C22H25NO4S2. The standard InChI is InChI=1S/C22H25NO4S2/c1-5-27-20-9-8-17(11-21(20)26-4)22-23-19(12-28-22)14-29(24,25)13-18-10-15(2)6-7-16(18)3/h6-12H,5,13-14H2,1-4H3. The van der Waals surface area contributed by atoms with Crippen molar-refractivity contribution >= 4 is 21.2 Å². The Morgan fingerprint density at radius 3 is 2.55 bits per heavy atom. The smallest absolute Gasteiger partial charge is 0.161 e. The van der Waals surface area contributed by atoms with Gasteiger partial charge in [0.25, 0.3) is 0 Å². The molecule has 0 fully saturated rings. The number of aryl methyl sites for hydroxylation is 2. The minimum absolute atomic E-state index is 0.0181. The first kappa shape index (κ1) is 21.3. The summed E-state index contributed by atoms with van der Waals surface area (Å²) in [6.45, 7) is 6.37. The van der Waals surface area contributed by atoms with Crippen molar-refractivity contribution in [2.45, 2.75) is 32.3 Å². The molecule has 0 amide bonds. The summed E-state index contributed by atoms with van der Waals surface area (Å²) in [5.41, 5.74) is 4.31. The molecule has 0 unspecified atom stereocenters. The molecule has 2 aromatic carbocycles. The third-order valence-electron chi connectivity index (χ3n) is 4.51. The Labute approximate surface area is 176 Å². The number of aromatic nitrogens is 1. The SMILES string of the molecule is CCOc1ccc(-c2nc(CS(=O)(=O)Cc3cc(C)ccc3C)cs2)cc1OC. The highest BCUT2D eigenvalue weighted by molar-refractivity contribution is 7.89. The first-order chi connectivity index (χ1) is 13.8. The maximum atomic E-state index is 12.7. The van der Waals surface area contributed by atoms with Crippen LogP contribution in [0.5, 0.6) is 11.5 Å². The number of rotatable bonds is 8. The van der Waals surface area contributed by atoms with Gasteiger partial charge in [0.2, 0.25) is 0 Å². The summed E-state index contributed by atoms with van der Waals surface area (Å²) < 4.78 is 36.4. The first-order valence-corrected chi connectivity index (χ1v) is 12.0. The summed E-state index contributed by atoms with van der Waals surface area (Å²) in [5.74, 6) is 1.24. The van der Waals surface area contributed by atoms with Gasteiger partial charge in [0, 0.05) is 10.9 Å². The molecule has 0 aliphatic carbocycles. The third-order valence-corrected chi connectivity index (χ3v) is 6.94. The van der Waals surface area contributed by atoms with Crippen molar-refractivity contribution < 1.29 is 17.9 Å². The van der Waals surface area contributed by atoms with Crippen LogP contribution in [0.15, 0.2) is 41.8 Å². The molecule has 0 atom stereocenters. The largest absolute Gasteiger partial charge is 0.493 e. The van der Waals surface area contributed by atoms with Crippen molar-refractivity contribution in [2.24, 2.45) is 0 Å². The maximum Gasteiger partial charge on any atom is 0.161 e. The number of sulfone groups is 1. The number of nitrogens with zero attached hydrogens (tertiary/aromatic N) is 1. The lowest BCUT2D eigenvalue weighted by Crippen LogP contribution is -2.09. The second-order valence-electron chi connectivity index (χ2n) is 6.90. The van der Waals surface area contributed by atoms with Crippen LogP contribution in [0.25, 0.3) is 10.6 Å². The van der Waals surface area contributed by atoms with Crippen molar-refractivity contribution in [3.8, 4) is 22.1 Å². The van der Waals surface area contributed by atoms with Gasteiger partial charge in [-0.1, -0.05) is 23.8 Å². The molecule has 7 heteroatoms. The van der Waals surface area contributed by atoms with Gasteiger partial charge in [-0.15, -0.1) is 11.3 Å². The number of hydrogen-bond donors (Lipinski definition) is 0. The fourth-order valence-corrected chi connectivity index (χ4v) is 5.46. The number of benzene rings is 2. The zero-order valence-corrected chi connectivity index (χ0v) is 18.7. The van der Waals surface area contributed by atoms with E-state index >= 15 is 0 Å². The summed E-state index contributed by atoms with van der Waals surface area (Å²) in [4.78, 5) is 4.54. The molecule has 0 aliphatic rings. The van der Waals surface area contributed by atoms with Crippen LogP contribution in [0.3, 0.4) is 0 Å². The van der Waals surface area contributed by atoms with Crippen molar-refractivity contribution in [2.75, 3.05) is 13.7 Å². The highest BCUT2D eigenvalue weighted by Gasteiger charge is 2.18. The maximum absolute atomic E-state index is 12.7. The van der Waals surface area contributed by atoms with E-state index in [0.29, 0.717) is 23.8 Å². The third kappa shape index (κ3) is 5.36. The van der Waals surface area contributed by atoms with E-state index in [1.54, 1.807) is 12.5 Å². The summed E-state index contributed by atoms with van der Waals surface area (Å²) in [6, 6.07) is 11.5. The van der Waals surface area contributed by atoms with Crippen LogP contribution >= 0.6 is 11.3 Å². The molecule has 0 spiro atoms. The van der Waals surface area contributed by atoms with Gasteiger partial charge in [-0.3, -0.25) is 0 Å². The van der Waals surface area contributed by atoms with E-state index in [-0.39, 0.29) is 11.5 Å². The average molecular weight is 432 g/mol. The van der Waals surface area contributed by atoms with Gasteiger partial charge in [-0.2, -0.15) is 0 Å². The van der Waals surface area contributed by atoms with Crippen molar-refractivity contribution in [1.29, 1.82) is 0 Å². The van der Waals surface area contributed by atoms with E-state index in [1.807, 2.05) is 57.2 Å². The molecule has 29 heavy (non-hydrogen) atoms. The molecule has 3 rings (SSSR count). The number of methoxy groups -OCH3 is 1. The van der Waals surface area contributed by atoms with Gasteiger partial charge < -0.3 is 9.47 Å². The predicted octanol–water partition coefficient (Wildman–Crippen LogP) is 4.95. The Bertz CT molecular complexity index is 1100. The van der Waals surface area contributed by atoms with Gasteiger partial charge >= 0.3 is 0 Å². The lowest BCUT2D eigenvalue weighted by molar-refractivity contribution is 0.311. The second kappa shape index (κ2) is 8.97. The van der Waals surface area contributed by atoms with Gasteiger partial charge in [0.1, 0.15) is 5.01 Å². The average Bonchev–Trinajstić information content (AvgIpc) is 3.12. The topological polar surface area (TPSA) is 65.5 Å². The zero-order valence-electron chi connectivity index (χ0n) is 17.1. The summed E-state index contributed by atoms with van der Waals surface area (Å²) in [6.07, 6.45) is 0. The van der Waals surface area contributed by atoms with Crippen LogP contribution in [0.4, 0.5) is 0 Å². The summed E-state index contributed by atoms with van der Waals surface area (Å²) >= 11 is 1.42. The molecule has 0 N–H and O–H groups in total. The Hall–Kier alpha value is -2.38. The molecule has 154 valence electrons. The van der Waals surface area contributed by atoms with E-state index in [2.05, 4.69) is 4.98 Å². The summed E-state index contributed by atoms with van der Waals surface area (Å²) in [5, 5.41) is 2.56. The Kier molecular flexibility index (Phi) is 6.59. The van der Waals surface area contributed by atoms with Gasteiger partial charge in [-0.05, 0) is 50.1 Å². The quantitative estimate of drug-likeness (QED) is 0.505. The van der Waals surface area contributed by atoms with Crippen molar-refractivity contribution in [1.82, 2.24) is 4.98 Å². The zero-order chi connectivity index (χ0) is 21.0. The van der Waals surface area contributed by atoms with Crippen molar-refractivity contribution in [3.05, 3.63) is 64.2 Å². The predicted molar refractivity (Wildman–Crippen MR) is 118 cm³/mol. The molecule has 0 saturated heterocycles. The van der Waals surface area contributed by atoms with Crippen LogP contribution in [0.1, 0.15) is 29.3 Å². The number of ether oxygens (including phenoxy) is 2. The molecule has 0 radical (unpaired) electrons. The molecule has 1 aromatic heterocycles. The van der Waals surface area contributed by atoms with Crippen LogP contribution in [-0.2, 0) is 21.3 Å². The molecule has 5 nitrogen and oxygen atoms in total. The van der Waals surface area contributed by atoms with E-state index in [9.17, 15) is 8.42 Å². The Morgan fingerprint density at radius 1 is 1.03 bits per heavy atom. The highest BCUT2D eigenvalue weighted by Crippen LogP contribution is 2.34. The number of thiazole rings is 1. The van der Waals surface area contributed by atoms with Gasteiger partial charge in [0.15, 0.2) is 21.3 Å². The van der Waals surface area contributed by atoms with Crippen LogP contribution in [-0.4, -0.2) is 27.1 Å². The van der Waals surface area contributed by atoms with Gasteiger partial charge in [-0.25, -0.2) is 13.4 Å². The second-order valence-corrected chi connectivity index (χ2v) is 9.83. The summed E-state index contributed by atoms with van der Waals surface area (Å²) in [7, 11) is -1.73. The lowest BCUT2D eigenvalue weighted by Gasteiger charge is -2.10. The lowest BCUT2D eigenvalue weighted by atomic mass is 10.1. The van der Waals surface area contributed by atoms with E-state index in [0.717, 1.165) is 27.3 Å². The Balaban J connectivity index is 1.78. The fourth-order valence-electron chi connectivity index (χ4n) is 3.05. The van der Waals surface area contributed by atoms with E-state index in [4.69, 9.17) is 9.47 Å². The molecule has 0 bridgehead atoms. The monoisotopic (exact) mass is 431 g/mol. The van der Waals surface area contributed by atoms with Gasteiger partial charge in [0.05, 0.1) is 30.9 Å². The molecular weight excluding hydrogens is 406 g/mol. The first-order valence-electron chi connectivity index (χ1n) is 9.33. The van der Waals surface area contributed by atoms with E-state index in [1.165, 1.54) is 11.3 Å². The number of hydrogen-bond acceptors (Lipinski definition) is 6. The normalized spacial score (nSPS) is 11.4. The molecule has 1 heterocycles. The van der Waals surface area contributed by atoms with Crippen molar-refractivity contribution in [3.63, 3.8) is 0 Å².